The molecule has 0 aromatic rings. The Labute approximate surface area is 116 Å². The number of hydrogen-bond acceptors (Lipinski definition) is 3. The Balaban J connectivity index is 3.81. The monoisotopic (exact) mass is 266 g/mol. The highest BCUT2D eigenvalue weighted by Gasteiger charge is 2.10. The topological polar surface area (TPSA) is 46.5 Å². The Bertz CT molecular complexity index is 305. The second-order valence-corrected chi connectivity index (χ2v) is 4.45. The van der Waals surface area contributed by atoms with Gasteiger partial charge in [-0.25, -0.2) is 0 Å². The van der Waals surface area contributed by atoms with Crippen LogP contribution in [0.15, 0.2) is 37.0 Å². The van der Waals surface area contributed by atoms with Crippen molar-refractivity contribution in [2.45, 2.75) is 45.6 Å². The van der Waals surface area contributed by atoms with Crippen molar-refractivity contribution >= 4 is 5.97 Å². The molecule has 0 saturated carbocycles. The van der Waals surface area contributed by atoms with Gasteiger partial charge in [0.15, 0.2) is 0 Å². The predicted octanol–water partition coefficient (Wildman–Crippen LogP) is 3.41. The van der Waals surface area contributed by atoms with Gasteiger partial charge in [-0.3, -0.25) is 4.79 Å². The first-order chi connectivity index (χ1) is 9.11. The zero-order valence-corrected chi connectivity index (χ0v) is 12.0. The number of ether oxygens (including phenoxy) is 1. The van der Waals surface area contributed by atoms with Gasteiger partial charge in [0.2, 0.25) is 0 Å². The molecule has 3 nitrogen and oxygen atoms in total. The molecule has 2 atom stereocenters. The summed E-state index contributed by atoms with van der Waals surface area (Å²) in [6.45, 7) is 7.54. The van der Waals surface area contributed by atoms with Crippen LogP contribution in [0.25, 0.3) is 0 Å². The first-order valence-corrected chi connectivity index (χ1v) is 6.87. The molecular formula is C16H26O3. The van der Waals surface area contributed by atoms with E-state index in [9.17, 15) is 9.90 Å². The first kappa shape index (κ1) is 17.6. The largest absolute Gasteiger partial charge is 0.462 e. The fraction of sp³-hybridized carbons (Fsp3) is 0.562. The number of allylic oxidation sites excluding steroid dienone is 2. The van der Waals surface area contributed by atoms with E-state index in [0.717, 1.165) is 25.7 Å². The summed E-state index contributed by atoms with van der Waals surface area (Å²) in [5.41, 5.74) is 0. The van der Waals surface area contributed by atoms with Crippen LogP contribution >= 0.6 is 0 Å². The normalized spacial score (nSPS) is 14.7. The minimum absolute atomic E-state index is 0.0324. The first-order valence-electron chi connectivity index (χ1n) is 6.87. The van der Waals surface area contributed by atoms with Gasteiger partial charge < -0.3 is 9.84 Å². The summed E-state index contributed by atoms with van der Waals surface area (Å²) in [5.74, 6) is -0.228. The number of aliphatic hydroxyl groups excluding tert-OH is 1. The molecule has 0 saturated heterocycles. The molecule has 0 amide bonds. The van der Waals surface area contributed by atoms with Crippen molar-refractivity contribution in [1.82, 2.24) is 0 Å². The van der Waals surface area contributed by atoms with E-state index in [1.165, 1.54) is 6.92 Å². The maximum atomic E-state index is 10.5. The van der Waals surface area contributed by atoms with Crippen molar-refractivity contribution in [3.8, 4) is 0 Å². The van der Waals surface area contributed by atoms with Crippen LogP contribution in [-0.4, -0.2) is 23.8 Å². The van der Waals surface area contributed by atoms with E-state index in [1.807, 2.05) is 18.2 Å². The van der Waals surface area contributed by atoms with Gasteiger partial charge in [0, 0.05) is 12.8 Å². The van der Waals surface area contributed by atoms with Crippen LogP contribution in [-0.2, 0) is 9.53 Å². The van der Waals surface area contributed by atoms with Gasteiger partial charge in [0.25, 0.3) is 0 Å². The highest BCUT2D eigenvalue weighted by Crippen LogP contribution is 2.13. The molecule has 1 N–H and O–H groups in total. The zero-order valence-electron chi connectivity index (χ0n) is 12.0. The number of carbonyl (C=O) groups excluding carboxylic acids is 1. The number of hydrogen-bond donors (Lipinski definition) is 1. The third-order valence-corrected chi connectivity index (χ3v) is 2.71. The lowest BCUT2D eigenvalue weighted by molar-refractivity contribution is -0.139. The van der Waals surface area contributed by atoms with Crippen LogP contribution in [0.1, 0.15) is 39.5 Å². The summed E-state index contributed by atoms with van der Waals surface area (Å²) in [6, 6.07) is 0. The lowest BCUT2D eigenvalue weighted by Gasteiger charge is -2.14. The third-order valence-electron chi connectivity index (χ3n) is 2.71. The lowest BCUT2D eigenvalue weighted by atomic mass is 9.98. The van der Waals surface area contributed by atoms with Crippen LogP contribution in [0.3, 0.4) is 0 Å². The SMILES string of the molecule is C=CC(/C=C/CC/C=C/COC(C)=O)C(O)CCC. The van der Waals surface area contributed by atoms with E-state index >= 15 is 0 Å². The minimum Gasteiger partial charge on any atom is -0.462 e. The molecule has 0 aromatic carbocycles. The Kier molecular flexibility index (Phi) is 10.9. The Hall–Kier alpha value is -1.35. The molecule has 0 spiro atoms. The fourth-order valence-electron chi connectivity index (χ4n) is 1.65. The molecule has 0 aliphatic heterocycles. The van der Waals surface area contributed by atoms with Crippen LogP contribution in [0.4, 0.5) is 0 Å². The van der Waals surface area contributed by atoms with Crippen molar-refractivity contribution in [1.29, 1.82) is 0 Å². The van der Waals surface area contributed by atoms with Gasteiger partial charge in [0.1, 0.15) is 6.61 Å². The van der Waals surface area contributed by atoms with Crippen molar-refractivity contribution in [3.05, 3.63) is 37.0 Å². The standard InChI is InChI=1S/C16H26O3/c1-4-11-16(18)15(5-2)12-9-7-6-8-10-13-19-14(3)17/h5,8-10,12,15-16,18H,2,4,6-7,11,13H2,1,3H3/b10-8+,12-9+. The molecular weight excluding hydrogens is 240 g/mol. The Morgan fingerprint density at radius 3 is 2.58 bits per heavy atom. The van der Waals surface area contributed by atoms with Crippen molar-refractivity contribution in [2.75, 3.05) is 6.61 Å². The molecule has 0 radical (unpaired) electrons. The van der Waals surface area contributed by atoms with E-state index in [-0.39, 0.29) is 18.0 Å². The van der Waals surface area contributed by atoms with Gasteiger partial charge in [-0.15, -0.1) is 6.58 Å². The van der Waals surface area contributed by atoms with E-state index in [4.69, 9.17) is 4.74 Å². The van der Waals surface area contributed by atoms with E-state index in [1.54, 1.807) is 6.08 Å². The number of aliphatic hydroxyl groups is 1. The summed E-state index contributed by atoms with van der Waals surface area (Å²) in [4.78, 5) is 10.5. The maximum absolute atomic E-state index is 10.5. The highest BCUT2D eigenvalue weighted by atomic mass is 16.5. The molecule has 0 fully saturated rings. The van der Waals surface area contributed by atoms with Crippen molar-refractivity contribution in [3.63, 3.8) is 0 Å². The molecule has 3 heteroatoms. The lowest BCUT2D eigenvalue weighted by Crippen LogP contribution is -2.15. The van der Waals surface area contributed by atoms with E-state index in [2.05, 4.69) is 19.6 Å². The summed E-state index contributed by atoms with van der Waals surface area (Å²) in [7, 11) is 0. The average molecular weight is 266 g/mol. The Morgan fingerprint density at radius 1 is 1.32 bits per heavy atom. The average Bonchev–Trinajstić information content (AvgIpc) is 2.37. The molecule has 108 valence electrons. The molecule has 0 bridgehead atoms. The zero-order chi connectivity index (χ0) is 14.5. The summed E-state index contributed by atoms with van der Waals surface area (Å²) in [6.07, 6.45) is 12.9. The van der Waals surface area contributed by atoms with Crippen LogP contribution in [0, 0.1) is 5.92 Å². The summed E-state index contributed by atoms with van der Waals surface area (Å²) >= 11 is 0. The van der Waals surface area contributed by atoms with Crippen LogP contribution in [0.5, 0.6) is 0 Å². The minimum atomic E-state index is -0.335. The molecule has 0 aliphatic rings. The fourth-order valence-corrected chi connectivity index (χ4v) is 1.65. The maximum Gasteiger partial charge on any atom is 0.302 e. The third kappa shape index (κ3) is 10.3. The quantitative estimate of drug-likeness (QED) is 0.374. The van der Waals surface area contributed by atoms with Crippen LogP contribution in [0.2, 0.25) is 0 Å². The number of carbonyl (C=O) groups is 1. The molecule has 0 heterocycles. The molecule has 2 unspecified atom stereocenters. The van der Waals surface area contributed by atoms with Crippen molar-refractivity contribution in [2.24, 2.45) is 5.92 Å². The second-order valence-electron chi connectivity index (χ2n) is 4.45. The number of esters is 1. The predicted molar refractivity (Wildman–Crippen MR) is 78.7 cm³/mol. The summed E-state index contributed by atoms with van der Waals surface area (Å²) in [5, 5.41) is 9.85. The smallest absolute Gasteiger partial charge is 0.302 e. The van der Waals surface area contributed by atoms with Crippen LogP contribution < -0.4 is 0 Å². The van der Waals surface area contributed by atoms with Gasteiger partial charge in [-0.05, 0) is 19.3 Å². The molecule has 0 aromatic heterocycles. The molecule has 0 aliphatic carbocycles. The van der Waals surface area contributed by atoms with E-state index in [0.29, 0.717) is 6.61 Å². The van der Waals surface area contributed by atoms with E-state index < -0.39 is 0 Å². The molecule has 0 rings (SSSR count). The summed E-state index contributed by atoms with van der Waals surface area (Å²) < 4.78 is 4.77. The van der Waals surface area contributed by atoms with Gasteiger partial charge in [0.05, 0.1) is 6.10 Å². The number of rotatable bonds is 10. The van der Waals surface area contributed by atoms with Gasteiger partial charge >= 0.3 is 5.97 Å². The number of unbranched alkanes of at least 4 members (excludes halogenated alkanes) is 1. The highest BCUT2D eigenvalue weighted by molar-refractivity contribution is 5.65. The Morgan fingerprint density at radius 2 is 2.00 bits per heavy atom. The van der Waals surface area contributed by atoms with Gasteiger partial charge in [-0.2, -0.15) is 0 Å². The van der Waals surface area contributed by atoms with Crippen molar-refractivity contribution < 1.29 is 14.6 Å². The second kappa shape index (κ2) is 11.7. The van der Waals surface area contributed by atoms with Gasteiger partial charge in [-0.1, -0.05) is 43.7 Å². The molecule has 19 heavy (non-hydrogen) atoms.